The Hall–Kier alpha value is -3.98. The molecule has 0 fully saturated rings. The van der Waals surface area contributed by atoms with Crippen molar-refractivity contribution in [3.8, 4) is 22.8 Å². The molecule has 2 aromatic carbocycles. The van der Waals surface area contributed by atoms with E-state index >= 15 is 0 Å². The van der Waals surface area contributed by atoms with Crippen LogP contribution in [0, 0.1) is 0 Å². The summed E-state index contributed by atoms with van der Waals surface area (Å²) in [5.41, 5.74) is 13.1. The van der Waals surface area contributed by atoms with Gasteiger partial charge in [-0.15, -0.1) is 0 Å². The summed E-state index contributed by atoms with van der Waals surface area (Å²) >= 11 is 0. The summed E-state index contributed by atoms with van der Waals surface area (Å²) in [6.45, 7) is 0.401. The van der Waals surface area contributed by atoms with Crippen LogP contribution < -0.4 is 21.9 Å². The molecule has 2 heterocycles. The van der Waals surface area contributed by atoms with E-state index in [0.29, 0.717) is 23.5 Å². The van der Waals surface area contributed by atoms with E-state index < -0.39 is 11.6 Å². The molecule has 0 saturated carbocycles. The van der Waals surface area contributed by atoms with Gasteiger partial charge in [-0.25, -0.2) is 19.3 Å². The van der Waals surface area contributed by atoms with Crippen molar-refractivity contribution in [1.29, 1.82) is 0 Å². The number of ether oxygens (including phenoxy) is 1. The smallest absolute Gasteiger partial charge is 0.332 e. The average Bonchev–Trinajstić information content (AvgIpc) is 3.08. The summed E-state index contributed by atoms with van der Waals surface area (Å²) < 4.78 is 6.70. The molecule has 5 N–H and O–H groups in total. The number of methoxy groups -OCH3 is 1. The van der Waals surface area contributed by atoms with Gasteiger partial charge in [0.1, 0.15) is 11.3 Å². The number of hydrogen-bond donors (Lipinski definition) is 3. The van der Waals surface area contributed by atoms with E-state index in [-0.39, 0.29) is 22.7 Å². The van der Waals surface area contributed by atoms with E-state index in [1.54, 1.807) is 36.4 Å². The number of fused-ring (bicyclic) bond motifs is 1. The maximum absolute atomic E-state index is 12.7. The van der Waals surface area contributed by atoms with Crippen LogP contribution in [0.1, 0.15) is 16.1 Å². The second-order valence-corrected chi connectivity index (χ2v) is 6.30. The molecule has 0 spiro atoms. The van der Waals surface area contributed by atoms with Gasteiger partial charge >= 0.3 is 5.69 Å². The van der Waals surface area contributed by atoms with E-state index in [0.717, 1.165) is 5.56 Å². The van der Waals surface area contributed by atoms with E-state index in [1.807, 2.05) is 12.1 Å². The molecule has 9 nitrogen and oxygen atoms in total. The average molecular weight is 390 g/mol. The van der Waals surface area contributed by atoms with E-state index in [2.05, 4.69) is 15.0 Å². The standard InChI is InChI=1S/C20H18N6O3/c1-29-14-5-3-2-4-13(14)26-19-16(24-20(26)28)15(17(22)27)23-18(25-19)12-8-6-11(10-21)7-9-12/h2-9H,10,21H2,1H3,(H2,22,27)(H,24,28). The number of hydrogen-bond acceptors (Lipinski definition) is 6. The van der Waals surface area contributed by atoms with Crippen molar-refractivity contribution in [2.45, 2.75) is 6.54 Å². The molecule has 9 heteroatoms. The number of nitrogens with one attached hydrogen (secondary N) is 1. The second-order valence-electron chi connectivity index (χ2n) is 6.30. The highest BCUT2D eigenvalue weighted by Gasteiger charge is 2.21. The van der Waals surface area contributed by atoms with E-state index in [1.165, 1.54) is 11.7 Å². The lowest BCUT2D eigenvalue weighted by Gasteiger charge is -2.10. The molecule has 0 bridgehead atoms. The molecule has 0 aliphatic carbocycles. The Morgan fingerprint density at radius 1 is 1.14 bits per heavy atom. The largest absolute Gasteiger partial charge is 0.495 e. The SMILES string of the molecule is COc1ccccc1-n1c(=O)[nH]c2c(C(N)=O)nc(-c3ccc(CN)cc3)nc21. The van der Waals surface area contributed by atoms with Crippen molar-refractivity contribution in [3.05, 3.63) is 70.3 Å². The number of imidazole rings is 1. The maximum atomic E-state index is 12.7. The molecule has 2 aromatic heterocycles. The number of aromatic amines is 1. The summed E-state index contributed by atoms with van der Waals surface area (Å²) in [4.78, 5) is 36.2. The van der Waals surface area contributed by atoms with Crippen LogP contribution in [0.5, 0.6) is 5.75 Å². The van der Waals surface area contributed by atoms with Crippen LogP contribution in [0.15, 0.2) is 53.3 Å². The number of carbonyl (C=O) groups excluding carboxylic acids is 1. The van der Waals surface area contributed by atoms with Crippen LogP contribution in [-0.2, 0) is 6.54 Å². The highest BCUT2D eigenvalue weighted by molar-refractivity contribution is 6.02. The van der Waals surface area contributed by atoms with Crippen molar-refractivity contribution in [1.82, 2.24) is 19.5 Å². The zero-order valence-corrected chi connectivity index (χ0v) is 15.5. The molecule has 0 radical (unpaired) electrons. The first-order valence-corrected chi connectivity index (χ1v) is 8.79. The van der Waals surface area contributed by atoms with Gasteiger partial charge in [0.05, 0.1) is 12.8 Å². The Kier molecular flexibility index (Phi) is 4.57. The third kappa shape index (κ3) is 3.13. The van der Waals surface area contributed by atoms with Gasteiger partial charge in [-0.05, 0) is 17.7 Å². The first-order valence-electron chi connectivity index (χ1n) is 8.79. The summed E-state index contributed by atoms with van der Waals surface area (Å²) in [7, 11) is 1.51. The predicted octanol–water partition coefficient (Wildman–Crippen LogP) is 1.34. The lowest BCUT2D eigenvalue weighted by Crippen LogP contribution is -2.16. The van der Waals surface area contributed by atoms with Crippen LogP contribution in [0.25, 0.3) is 28.2 Å². The Labute approximate surface area is 165 Å². The minimum Gasteiger partial charge on any atom is -0.495 e. The molecule has 1 amide bonds. The molecule has 0 aliphatic heterocycles. The number of benzene rings is 2. The van der Waals surface area contributed by atoms with Gasteiger partial charge in [0, 0.05) is 12.1 Å². The minimum absolute atomic E-state index is 0.0707. The fourth-order valence-corrected chi connectivity index (χ4v) is 3.12. The summed E-state index contributed by atoms with van der Waals surface area (Å²) in [6.07, 6.45) is 0. The van der Waals surface area contributed by atoms with Crippen molar-refractivity contribution in [2.75, 3.05) is 7.11 Å². The number of para-hydroxylation sites is 2. The van der Waals surface area contributed by atoms with Crippen molar-refractivity contribution < 1.29 is 9.53 Å². The van der Waals surface area contributed by atoms with Gasteiger partial charge in [-0.2, -0.15) is 0 Å². The number of rotatable bonds is 5. The number of nitrogens with zero attached hydrogens (tertiary/aromatic N) is 3. The van der Waals surface area contributed by atoms with Crippen LogP contribution in [-0.4, -0.2) is 32.5 Å². The molecule has 0 atom stereocenters. The van der Waals surface area contributed by atoms with Crippen molar-refractivity contribution in [2.24, 2.45) is 11.5 Å². The van der Waals surface area contributed by atoms with Crippen molar-refractivity contribution >= 4 is 17.1 Å². The summed E-state index contributed by atoms with van der Waals surface area (Å²) in [6, 6.07) is 14.3. The highest BCUT2D eigenvalue weighted by Crippen LogP contribution is 2.26. The molecular formula is C20H18N6O3. The van der Waals surface area contributed by atoms with Gasteiger partial charge in [0.2, 0.25) is 0 Å². The van der Waals surface area contributed by atoms with E-state index in [4.69, 9.17) is 16.2 Å². The number of carbonyl (C=O) groups is 1. The first kappa shape index (κ1) is 18.4. The number of primary amides is 1. The molecule has 0 aliphatic rings. The maximum Gasteiger partial charge on any atom is 0.332 e. The normalized spacial score (nSPS) is 11.0. The zero-order chi connectivity index (χ0) is 20.5. The van der Waals surface area contributed by atoms with Crippen molar-refractivity contribution in [3.63, 3.8) is 0 Å². The molecule has 146 valence electrons. The topological polar surface area (TPSA) is 142 Å². The first-order chi connectivity index (χ1) is 14.0. The fourth-order valence-electron chi connectivity index (χ4n) is 3.12. The van der Waals surface area contributed by atoms with Gasteiger partial charge in [0.15, 0.2) is 17.2 Å². The number of amides is 1. The Morgan fingerprint density at radius 2 is 1.86 bits per heavy atom. The molecular weight excluding hydrogens is 372 g/mol. The predicted molar refractivity (Wildman–Crippen MR) is 108 cm³/mol. The molecule has 29 heavy (non-hydrogen) atoms. The quantitative estimate of drug-likeness (QED) is 0.469. The molecule has 0 unspecified atom stereocenters. The van der Waals surface area contributed by atoms with Crippen LogP contribution in [0.3, 0.4) is 0 Å². The van der Waals surface area contributed by atoms with Gasteiger partial charge in [-0.3, -0.25) is 4.79 Å². The minimum atomic E-state index is -0.773. The lowest BCUT2D eigenvalue weighted by atomic mass is 10.1. The van der Waals surface area contributed by atoms with E-state index in [9.17, 15) is 9.59 Å². The van der Waals surface area contributed by atoms with Gasteiger partial charge in [-0.1, -0.05) is 36.4 Å². The number of H-pyrrole nitrogens is 1. The third-order valence-corrected chi connectivity index (χ3v) is 4.54. The number of aromatic nitrogens is 4. The monoisotopic (exact) mass is 390 g/mol. The molecule has 0 saturated heterocycles. The van der Waals surface area contributed by atoms with Crippen LogP contribution >= 0.6 is 0 Å². The Morgan fingerprint density at radius 3 is 2.52 bits per heavy atom. The highest BCUT2D eigenvalue weighted by atomic mass is 16.5. The number of nitrogens with two attached hydrogens (primary N) is 2. The zero-order valence-electron chi connectivity index (χ0n) is 15.5. The molecule has 4 aromatic rings. The Balaban J connectivity index is 2.03. The fraction of sp³-hybridized carbons (Fsp3) is 0.100. The second kappa shape index (κ2) is 7.21. The van der Waals surface area contributed by atoms with Crippen LogP contribution in [0.2, 0.25) is 0 Å². The molecule has 4 rings (SSSR count). The lowest BCUT2D eigenvalue weighted by molar-refractivity contribution is 0.0997. The van der Waals surface area contributed by atoms with Gasteiger partial charge < -0.3 is 21.2 Å². The van der Waals surface area contributed by atoms with Gasteiger partial charge in [0.25, 0.3) is 5.91 Å². The summed E-state index contributed by atoms with van der Waals surface area (Å²) in [5, 5.41) is 0. The Bertz CT molecular complexity index is 1270. The third-order valence-electron chi connectivity index (χ3n) is 4.54. The summed E-state index contributed by atoms with van der Waals surface area (Å²) in [5.74, 6) is -0.0354. The van der Waals surface area contributed by atoms with Crippen LogP contribution in [0.4, 0.5) is 0 Å².